The Hall–Kier alpha value is -1.26. The fourth-order valence-electron chi connectivity index (χ4n) is 0.978. The summed E-state index contributed by atoms with van der Waals surface area (Å²) in [6.45, 7) is 2.92. The van der Waals surface area contributed by atoms with Crippen LogP contribution in [0.2, 0.25) is 0 Å². The molecule has 0 spiro atoms. The second-order valence-corrected chi connectivity index (χ2v) is 2.64. The van der Waals surface area contributed by atoms with Crippen LogP contribution in [0.5, 0.6) is 5.75 Å². The average Bonchev–Trinajstić information content (AvgIpc) is 2.11. The third kappa shape index (κ3) is 2.93. The van der Waals surface area contributed by atoms with E-state index in [9.17, 15) is 5.11 Å². The Morgan fingerprint density at radius 3 is 3.00 bits per heavy atom. The summed E-state index contributed by atoms with van der Waals surface area (Å²) in [6, 6.07) is 4.93. The maximum Gasteiger partial charge on any atom is 0.120 e. The van der Waals surface area contributed by atoms with E-state index >= 15 is 0 Å². The molecule has 13 heavy (non-hydrogen) atoms. The number of phenolic OH excluding ortho intramolecular Hbond substituents is 1. The molecule has 0 bridgehead atoms. The summed E-state index contributed by atoms with van der Waals surface area (Å²) in [7, 11) is 0. The van der Waals surface area contributed by atoms with Crippen molar-refractivity contribution >= 4 is 5.69 Å². The summed E-state index contributed by atoms with van der Waals surface area (Å²) in [6.07, 6.45) is 0. The molecule has 1 aromatic rings. The fourth-order valence-corrected chi connectivity index (χ4v) is 0.978. The van der Waals surface area contributed by atoms with Crippen LogP contribution in [-0.4, -0.2) is 11.7 Å². The lowest BCUT2D eigenvalue weighted by Gasteiger charge is -2.06. The van der Waals surface area contributed by atoms with Crippen molar-refractivity contribution < 1.29 is 9.94 Å². The van der Waals surface area contributed by atoms with Gasteiger partial charge in [0.05, 0.1) is 6.61 Å². The Morgan fingerprint density at radius 2 is 2.31 bits per heavy atom. The molecule has 0 radical (unpaired) electrons. The molecule has 0 amide bonds. The fraction of sp³-hybridized carbons (Fsp3) is 0.333. The predicted octanol–water partition coefficient (Wildman–Crippen LogP) is 1.02. The van der Waals surface area contributed by atoms with Gasteiger partial charge in [-0.2, -0.15) is 5.48 Å². The Labute approximate surface area is 77.3 Å². The monoisotopic (exact) mass is 182 g/mol. The summed E-state index contributed by atoms with van der Waals surface area (Å²) in [5, 5.41) is 9.38. The molecule has 4 heteroatoms. The first-order chi connectivity index (χ1) is 6.24. The highest BCUT2D eigenvalue weighted by atomic mass is 16.6. The second kappa shape index (κ2) is 4.69. The number of hydrogen-bond acceptors (Lipinski definition) is 4. The lowest BCUT2D eigenvalue weighted by Crippen LogP contribution is -2.13. The summed E-state index contributed by atoms with van der Waals surface area (Å²) >= 11 is 0. The van der Waals surface area contributed by atoms with Crippen LogP contribution >= 0.6 is 0 Å². The van der Waals surface area contributed by atoms with E-state index in [0.717, 1.165) is 5.56 Å². The number of nitrogens with one attached hydrogen (secondary N) is 1. The van der Waals surface area contributed by atoms with Crippen molar-refractivity contribution in [3.63, 3.8) is 0 Å². The van der Waals surface area contributed by atoms with Crippen molar-refractivity contribution in [2.75, 3.05) is 12.3 Å². The number of hydroxylamine groups is 1. The van der Waals surface area contributed by atoms with E-state index in [4.69, 9.17) is 10.6 Å². The highest BCUT2D eigenvalue weighted by Gasteiger charge is 2.00. The summed E-state index contributed by atoms with van der Waals surface area (Å²) in [5.74, 6) is 0.224. The van der Waals surface area contributed by atoms with Gasteiger partial charge in [0.2, 0.25) is 0 Å². The van der Waals surface area contributed by atoms with Crippen molar-refractivity contribution in [1.82, 2.24) is 5.48 Å². The quantitative estimate of drug-likeness (QED) is 0.281. The zero-order valence-electron chi connectivity index (χ0n) is 7.58. The van der Waals surface area contributed by atoms with E-state index < -0.39 is 0 Å². The van der Waals surface area contributed by atoms with Gasteiger partial charge in [0, 0.05) is 17.8 Å². The molecule has 4 nitrogen and oxygen atoms in total. The predicted molar refractivity (Wildman–Crippen MR) is 51.0 cm³/mol. The smallest absolute Gasteiger partial charge is 0.120 e. The maximum absolute atomic E-state index is 9.38. The van der Waals surface area contributed by atoms with Crippen LogP contribution < -0.4 is 11.2 Å². The van der Waals surface area contributed by atoms with Crippen LogP contribution in [0.15, 0.2) is 18.2 Å². The molecule has 0 atom stereocenters. The van der Waals surface area contributed by atoms with Crippen molar-refractivity contribution in [2.24, 2.45) is 0 Å². The first kappa shape index (κ1) is 9.83. The first-order valence-electron chi connectivity index (χ1n) is 4.16. The minimum atomic E-state index is 0.224. The molecule has 0 fully saturated rings. The van der Waals surface area contributed by atoms with E-state index in [1.807, 2.05) is 6.92 Å². The van der Waals surface area contributed by atoms with Gasteiger partial charge in [-0.15, -0.1) is 0 Å². The number of anilines is 1. The SMILES string of the molecule is CCONCc1cc(N)ccc1O. The number of phenols is 1. The highest BCUT2D eigenvalue weighted by Crippen LogP contribution is 2.19. The Balaban J connectivity index is 2.59. The summed E-state index contributed by atoms with van der Waals surface area (Å²) in [4.78, 5) is 4.93. The minimum absolute atomic E-state index is 0.224. The zero-order valence-corrected chi connectivity index (χ0v) is 7.58. The van der Waals surface area contributed by atoms with Crippen molar-refractivity contribution in [1.29, 1.82) is 0 Å². The van der Waals surface area contributed by atoms with Gasteiger partial charge in [-0.1, -0.05) is 0 Å². The molecule has 0 saturated carbocycles. The molecular formula is C9H14N2O2. The molecule has 1 rings (SSSR count). The van der Waals surface area contributed by atoms with Crippen molar-refractivity contribution in [3.05, 3.63) is 23.8 Å². The van der Waals surface area contributed by atoms with Gasteiger partial charge in [-0.05, 0) is 25.1 Å². The van der Waals surface area contributed by atoms with Gasteiger partial charge in [0.15, 0.2) is 0 Å². The number of benzene rings is 1. The molecule has 0 aliphatic rings. The van der Waals surface area contributed by atoms with E-state index in [-0.39, 0.29) is 5.75 Å². The number of hydrogen-bond donors (Lipinski definition) is 3. The number of rotatable bonds is 4. The third-order valence-electron chi connectivity index (χ3n) is 1.61. The normalized spacial score (nSPS) is 10.2. The molecular weight excluding hydrogens is 168 g/mol. The van der Waals surface area contributed by atoms with Gasteiger partial charge in [-0.3, -0.25) is 0 Å². The van der Waals surface area contributed by atoms with Crippen LogP contribution in [0.1, 0.15) is 12.5 Å². The third-order valence-corrected chi connectivity index (χ3v) is 1.61. The zero-order chi connectivity index (χ0) is 9.68. The number of aromatic hydroxyl groups is 1. The Bertz CT molecular complexity index is 276. The standard InChI is InChI=1S/C9H14N2O2/c1-2-13-11-6-7-5-8(10)3-4-9(7)12/h3-5,11-12H,2,6,10H2,1H3. The van der Waals surface area contributed by atoms with Gasteiger partial charge in [-0.25, -0.2) is 0 Å². The van der Waals surface area contributed by atoms with Crippen LogP contribution in [0.3, 0.4) is 0 Å². The largest absolute Gasteiger partial charge is 0.508 e. The van der Waals surface area contributed by atoms with E-state index in [1.165, 1.54) is 0 Å². The van der Waals surface area contributed by atoms with Crippen LogP contribution in [-0.2, 0) is 11.4 Å². The van der Waals surface area contributed by atoms with Gasteiger partial charge < -0.3 is 15.7 Å². The molecule has 0 aliphatic carbocycles. The Morgan fingerprint density at radius 1 is 1.54 bits per heavy atom. The molecule has 72 valence electrons. The minimum Gasteiger partial charge on any atom is -0.508 e. The molecule has 0 aromatic heterocycles. The van der Waals surface area contributed by atoms with Crippen LogP contribution in [0, 0.1) is 0 Å². The summed E-state index contributed by atoms with van der Waals surface area (Å²) in [5.41, 5.74) is 9.62. The molecule has 0 unspecified atom stereocenters. The average molecular weight is 182 g/mol. The number of nitrogens with two attached hydrogens (primary N) is 1. The first-order valence-corrected chi connectivity index (χ1v) is 4.16. The Kier molecular flexibility index (Phi) is 3.54. The van der Waals surface area contributed by atoms with Gasteiger partial charge in [0.25, 0.3) is 0 Å². The molecule has 4 N–H and O–H groups in total. The van der Waals surface area contributed by atoms with Crippen LogP contribution in [0.25, 0.3) is 0 Å². The van der Waals surface area contributed by atoms with Gasteiger partial charge >= 0.3 is 0 Å². The summed E-state index contributed by atoms with van der Waals surface area (Å²) < 4.78 is 0. The second-order valence-electron chi connectivity index (χ2n) is 2.64. The van der Waals surface area contributed by atoms with E-state index in [1.54, 1.807) is 18.2 Å². The topological polar surface area (TPSA) is 67.5 Å². The molecule has 0 heterocycles. The van der Waals surface area contributed by atoms with E-state index in [0.29, 0.717) is 18.8 Å². The molecule has 0 saturated heterocycles. The number of nitrogen functional groups attached to an aromatic ring is 1. The molecule has 0 aliphatic heterocycles. The van der Waals surface area contributed by atoms with Crippen molar-refractivity contribution in [3.8, 4) is 5.75 Å². The molecule has 1 aromatic carbocycles. The van der Waals surface area contributed by atoms with E-state index in [2.05, 4.69) is 5.48 Å². The van der Waals surface area contributed by atoms with Crippen LogP contribution in [0.4, 0.5) is 5.69 Å². The van der Waals surface area contributed by atoms with Gasteiger partial charge in [0.1, 0.15) is 5.75 Å². The highest BCUT2D eigenvalue weighted by molar-refractivity contribution is 5.47. The van der Waals surface area contributed by atoms with Crippen molar-refractivity contribution in [2.45, 2.75) is 13.5 Å². The maximum atomic E-state index is 9.38. The lowest BCUT2D eigenvalue weighted by atomic mass is 10.2. The lowest BCUT2D eigenvalue weighted by molar-refractivity contribution is 0.0459.